The van der Waals surface area contributed by atoms with Crippen molar-refractivity contribution in [1.82, 2.24) is 15.0 Å². The van der Waals surface area contributed by atoms with Crippen molar-refractivity contribution >= 4 is 11.0 Å². The van der Waals surface area contributed by atoms with Gasteiger partial charge in [0.25, 0.3) is 0 Å². The summed E-state index contributed by atoms with van der Waals surface area (Å²) in [6.07, 6.45) is 3.53. The highest BCUT2D eigenvalue weighted by molar-refractivity contribution is 5.74. The lowest BCUT2D eigenvalue weighted by Crippen LogP contribution is -2.36. The Morgan fingerprint density at radius 2 is 1.79 bits per heavy atom. The molecular formula is C24H25N3O. The van der Waals surface area contributed by atoms with Crippen LogP contribution in [0.15, 0.2) is 54.6 Å². The molecule has 2 aromatic carbocycles. The van der Waals surface area contributed by atoms with E-state index in [0.717, 1.165) is 35.9 Å². The zero-order valence-electron chi connectivity index (χ0n) is 16.5. The Hall–Kier alpha value is -3.08. The van der Waals surface area contributed by atoms with Crippen LogP contribution in [0.5, 0.6) is 0 Å². The van der Waals surface area contributed by atoms with E-state index in [1.165, 1.54) is 0 Å². The van der Waals surface area contributed by atoms with E-state index in [0.29, 0.717) is 13.0 Å². The third-order valence-electron chi connectivity index (χ3n) is 4.36. The molecule has 0 saturated heterocycles. The fourth-order valence-corrected chi connectivity index (χ4v) is 2.92. The second-order valence-electron chi connectivity index (χ2n) is 6.46. The number of para-hydroxylation sites is 1. The van der Waals surface area contributed by atoms with Crippen LogP contribution in [0.25, 0.3) is 11.0 Å². The number of fused-ring (bicyclic) bond motifs is 1. The minimum atomic E-state index is -0.986. The molecule has 0 N–H and O–H groups in total. The molecule has 0 aliphatic rings. The standard InChI is InChI=1S/C24H25N3O/c1-3-5-6-7-13-19-24(28-4-2,20-18-21-14-9-8-10-15-21)27-23-17-12-11-16-22(23)25-26-27/h8-12,14-17H,3-6,19H2,1-2H3. The minimum absolute atomic E-state index is 0.428. The Labute approximate surface area is 166 Å². The Morgan fingerprint density at radius 1 is 1.00 bits per heavy atom. The van der Waals surface area contributed by atoms with Gasteiger partial charge in [0.05, 0.1) is 11.9 Å². The van der Waals surface area contributed by atoms with Gasteiger partial charge in [0.2, 0.25) is 5.72 Å². The van der Waals surface area contributed by atoms with Crippen molar-refractivity contribution in [3.05, 3.63) is 60.2 Å². The van der Waals surface area contributed by atoms with Crippen molar-refractivity contribution in [3.8, 4) is 23.7 Å². The minimum Gasteiger partial charge on any atom is -0.343 e. The smallest absolute Gasteiger partial charge is 0.237 e. The predicted octanol–water partition coefficient (Wildman–Crippen LogP) is 4.76. The van der Waals surface area contributed by atoms with Gasteiger partial charge in [-0.05, 0) is 43.5 Å². The average molecular weight is 371 g/mol. The lowest BCUT2D eigenvalue weighted by molar-refractivity contribution is -0.0563. The Bertz CT molecular complexity index is 1020. The topological polar surface area (TPSA) is 39.9 Å². The van der Waals surface area contributed by atoms with Gasteiger partial charge in [0, 0.05) is 18.6 Å². The van der Waals surface area contributed by atoms with Crippen LogP contribution in [-0.2, 0) is 10.5 Å². The molecule has 3 aromatic rings. The van der Waals surface area contributed by atoms with Gasteiger partial charge in [0.15, 0.2) is 0 Å². The molecule has 3 rings (SSSR count). The summed E-state index contributed by atoms with van der Waals surface area (Å²) in [5.74, 6) is 13.1. The van der Waals surface area contributed by atoms with Crippen molar-refractivity contribution in [2.45, 2.75) is 45.3 Å². The molecule has 0 radical (unpaired) electrons. The van der Waals surface area contributed by atoms with Crippen molar-refractivity contribution in [2.24, 2.45) is 0 Å². The first kappa shape index (κ1) is 19.7. The van der Waals surface area contributed by atoms with Crippen LogP contribution >= 0.6 is 0 Å². The van der Waals surface area contributed by atoms with E-state index in [4.69, 9.17) is 4.74 Å². The van der Waals surface area contributed by atoms with Crippen LogP contribution in [0.1, 0.15) is 45.1 Å². The Balaban J connectivity index is 2.07. The second-order valence-corrected chi connectivity index (χ2v) is 6.46. The van der Waals surface area contributed by atoms with E-state index in [1.54, 1.807) is 4.68 Å². The molecule has 1 heterocycles. The van der Waals surface area contributed by atoms with Gasteiger partial charge in [-0.2, -0.15) is 0 Å². The number of rotatable bonds is 6. The average Bonchev–Trinajstić information content (AvgIpc) is 3.17. The number of aromatic nitrogens is 3. The first-order chi connectivity index (χ1) is 13.8. The SMILES string of the molecule is CCCCC#CCC(C#Cc1ccccc1)(OCC)n1nnc2ccccc21. The van der Waals surface area contributed by atoms with Crippen LogP contribution in [0.3, 0.4) is 0 Å². The van der Waals surface area contributed by atoms with E-state index in [1.807, 2.05) is 61.5 Å². The third kappa shape index (κ3) is 4.60. The first-order valence-electron chi connectivity index (χ1n) is 9.78. The van der Waals surface area contributed by atoms with Crippen LogP contribution < -0.4 is 0 Å². The highest BCUT2D eigenvalue weighted by atomic mass is 16.5. The maximum atomic E-state index is 6.19. The van der Waals surface area contributed by atoms with E-state index >= 15 is 0 Å². The van der Waals surface area contributed by atoms with Crippen molar-refractivity contribution < 1.29 is 4.74 Å². The molecule has 0 amide bonds. The Morgan fingerprint density at radius 3 is 2.57 bits per heavy atom. The maximum absolute atomic E-state index is 6.19. The van der Waals surface area contributed by atoms with Crippen molar-refractivity contribution in [3.63, 3.8) is 0 Å². The first-order valence-corrected chi connectivity index (χ1v) is 9.78. The second kappa shape index (κ2) is 9.74. The summed E-state index contributed by atoms with van der Waals surface area (Å²) in [5.41, 5.74) is 1.63. The molecule has 4 heteroatoms. The molecule has 0 saturated carbocycles. The summed E-state index contributed by atoms with van der Waals surface area (Å²) >= 11 is 0. The molecule has 142 valence electrons. The number of hydrogen-bond acceptors (Lipinski definition) is 3. The molecule has 1 aromatic heterocycles. The number of ether oxygens (including phenoxy) is 1. The molecule has 28 heavy (non-hydrogen) atoms. The van der Waals surface area contributed by atoms with Gasteiger partial charge in [-0.15, -0.1) is 11.0 Å². The van der Waals surface area contributed by atoms with Crippen LogP contribution in [0.4, 0.5) is 0 Å². The van der Waals surface area contributed by atoms with Gasteiger partial charge in [-0.1, -0.05) is 60.7 Å². The van der Waals surface area contributed by atoms with Gasteiger partial charge < -0.3 is 4.74 Å². The lowest BCUT2D eigenvalue weighted by atomic mass is 10.1. The fourth-order valence-electron chi connectivity index (χ4n) is 2.92. The number of hydrogen-bond donors (Lipinski definition) is 0. The molecular weight excluding hydrogens is 346 g/mol. The van der Waals surface area contributed by atoms with Crippen LogP contribution in [0.2, 0.25) is 0 Å². The summed E-state index contributed by atoms with van der Waals surface area (Å²) < 4.78 is 7.97. The van der Waals surface area contributed by atoms with Gasteiger partial charge >= 0.3 is 0 Å². The lowest BCUT2D eigenvalue weighted by Gasteiger charge is -2.27. The quantitative estimate of drug-likeness (QED) is 0.463. The highest BCUT2D eigenvalue weighted by Gasteiger charge is 2.33. The summed E-state index contributed by atoms with van der Waals surface area (Å²) in [6.45, 7) is 4.62. The van der Waals surface area contributed by atoms with E-state index in [9.17, 15) is 0 Å². The molecule has 4 nitrogen and oxygen atoms in total. The molecule has 0 spiro atoms. The third-order valence-corrected chi connectivity index (χ3v) is 4.36. The van der Waals surface area contributed by atoms with E-state index < -0.39 is 5.72 Å². The van der Waals surface area contributed by atoms with Gasteiger partial charge in [-0.3, -0.25) is 0 Å². The maximum Gasteiger partial charge on any atom is 0.237 e. The number of unbranched alkanes of at least 4 members (excludes halogenated alkanes) is 2. The molecule has 0 fully saturated rings. The molecule has 0 aliphatic heterocycles. The summed E-state index contributed by atoms with van der Waals surface area (Å²) in [6, 6.07) is 17.7. The zero-order chi connectivity index (χ0) is 19.7. The van der Waals surface area contributed by atoms with E-state index in [-0.39, 0.29) is 0 Å². The van der Waals surface area contributed by atoms with Gasteiger partial charge in [0.1, 0.15) is 5.52 Å². The largest absolute Gasteiger partial charge is 0.343 e. The van der Waals surface area contributed by atoms with E-state index in [2.05, 4.69) is 40.9 Å². The fraction of sp³-hybridized carbons (Fsp3) is 0.333. The summed E-state index contributed by atoms with van der Waals surface area (Å²) in [4.78, 5) is 0. The summed E-state index contributed by atoms with van der Waals surface area (Å²) in [7, 11) is 0. The predicted molar refractivity (Wildman–Crippen MR) is 112 cm³/mol. The highest BCUT2D eigenvalue weighted by Crippen LogP contribution is 2.26. The molecule has 1 unspecified atom stereocenters. The zero-order valence-corrected chi connectivity index (χ0v) is 16.5. The number of nitrogens with zero attached hydrogens (tertiary/aromatic N) is 3. The monoisotopic (exact) mass is 371 g/mol. The van der Waals surface area contributed by atoms with Crippen LogP contribution in [0, 0.1) is 23.7 Å². The molecule has 0 bridgehead atoms. The molecule has 0 aliphatic carbocycles. The van der Waals surface area contributed by atoms with Crippen LogP contribution in [-0.4, -0.2) is 21.6 Å². The summed E-state index contributed by atoms with van der Waals surface area (Å²) in [5, 5.41) is 8.68. The molecule has 1 atom stereocenters. The van der Waals surface area contributed by atoms with Crippen molar-refractivity contribution in [2.75, 3.05) is 6.61 Å². The normalized spacial score (nSPS) is 12.5. The van der Waals surface area contributed by atoms with Gasteiger partial charge in [-0.25, -0.2) is 4.68 Å². The van der Waals surface area contributed by atoms with Crippen molar-refractivity contribution in [1.29, 1.82) is 0 Å². The Kier molecular flexibility index (Phi) is 6.84. The number of benzene rings is 2.